The van der Waals surface area contributed by atoms with Crippen LogP contribution in [0.3, 0.4) is 0 Å². The standard InChI is InChI=1S/C16H16N2O3S2/c1-10-3-5-12(6-4-10)16-17-11(2)14(22-16)15(19)18-13-7-8-23(20,21)9-13/h3-8,13H,9H2,1-2H3,(H,18,19)/t13-/m1/s1. The molecule has 0 unspecified atom stereocenters. The molecule has 0 saturated heterocycles. The Bertz CT molecular complexity index is 881. The topological polar surface area (TPSA) is 76.1 Å². The second-order valence-corrected chi connectivity index (χ2v) is 8.47. The zero-order chi connectivity index (χ0) is 16.6. The van der Waals surface area contributed by atoms with Gasteiger partial charge in [-0.15, -0.1) is 11.3 Å². The zero-order valence-corrected chi connectivity index (χ0v) is 14.4. The van der Waals surface area contributed by atoms with Crippen LogP contribution in [0.2, 0.25) is 0 Å². The van der Waals surface area contributed by atoms with Crippen LogP contribution in [-0.2, 0) is 9.84 Å². The number of hydrogen-bond acceptors (Lipinski definition) is 5. The summed E-state index contributed by atoms with van der Waals surface area (Å²) < 4.78 is 22.8. The molecule has 120 valence electrons. The van der Waals surface area contributed by atoms with Crippen LogP contribution in [0, 0.1) is 13.8 Å². The van der Waals surface area contributed by atoms with Crippen LogP contribution in [0.15, 0.2) is 35.7 Å². The van der Waals surface area contributed by atoms with Crippen molar-refractivity contribution in [3.05, 3.63) is 51.9 Å². The number of benzene rings is 1. The summed E-state index contributed by atoms with van der Waals surface area (Å²) in [6.07, 6.45) is 1.50. The summed E-state index contributed by atoms with van der Waals surface area (Å²) in [5.74, 6) is -0.369. The monoisotopic (exact) mass is 348 g/mol. The lowest BCUT2D eigenvalue weighted by molar-refractivity contribution is 0.0951. The summed E-state index contributed by atoms with van der Waals surface area (Å²) in [6, 6.07) is 7.47. The van der Waals surface area contributed by atoms with E-state index in [9.17, 15) is 13.2 Å². The molecule has 0 bridgehead atoms. The van der Waals surface area contributed by atoms with Crippen molar-refractivity contribution in [2.45, 2.75) is 19.9 Å². The zero-order valence-electron chi connectivity index (χ0n) is 12.7. The number of rotatable bonds is 3. The lowest BCUT2D eigenvalue weighted by Crippen LogP contribution is -2.35. The highest BCUT2D eigenvalue weighted by atomic mass is 32.2. The number of hydrogen-bond donors (Lipinski definition) is 1. The van der Waals surface area contributed by atoms with Crippen LogP contribution in [0.4, 0.5) is 0 Å². The first-order chi connectivity index (χ1) is 10.8. The van der Waals surface area contributed by atoms with Crippen molar-refractivity contribution in [3.8, 4) is 10.6 Å². The van der Waals surface area contributed by atoms with Gasteiger partial charge in [-0.3, -0.25) is 4.79 Å². The van der Waals surface area contributed by atoms with Crippen molar-refractivity contribution >= 4 is 27.1 Å². The van der Waals surface area contributed by atoms with Crippen LogP contribution in [0.5, 0.6) is 0 Å². The number of aromatic nitrogens is 1. The molecule has 7 heteroatoms. The maximum Gasteiger partial charge on any atom is 0.263 e. The molecule has 23 heavy (non-hydrogen) atoms. The highest BCUT2D eigenvalue weighted by Crippen LogP contribution is 2.28. The number of amides is 1. The third kappa shape index (κ3) is 3.51. The molecule has 1 aromatic carbocycles. The van der Waals surface area contributed by atoms with Crippen molar-refractivity contribution in [3.63, 3.8) is 0 Å². The molecule has 0 fully saturated rings. The molecule has 1 aromatic heterocycles. The predicted octanol–water partition coefficient (Wildman–Crippen LogP) is 2.47. The SMILES string of the molecule is Cc1ccc(-c2nc(C)c(C(=O)N[C@@H]3C=CS(=O)(=O)C3)s2)cc1. The molecule has 0 aliphatic carbocycles. The fourth-order valence-corrected chi connectivity index (χ4v) is 4.54. The van der Waals surface area contributed by atoms with Gasteiger partial charge < -0.3 is 5.32 Å². The van der Waals surface area contributed by atoms with Gasteiger partial charge in [-0.2, -0.15) is 0 Å². The summed E-state index contributed by atoms with van der Waals surface area (Å²) in [7, 11) is -3.18. The Morgan fingerprint density at radius 3 is 2.57 bits per heavy atom. The summed E-state index contributed by atoms with van der Waals surface area (Å²) in [5, 5.41) is 4.66. The minimum Gasteiger partial charge on any atom is -0.344 e. The van der Waals surface area contributed by atoms with E-state index in [1.165, 1.54) is 17.4 Å². The molecule has 2 heterocycles. The Hall–Kier alpha value is -1.99. The number of carbonyl (C=O) groups is 1. The Balaban J connectivity index is 1.79. The highest BCUT2D eigenvalue weighted by molar-refractivity contribution is 7.94. The number of nitrogens with zero attached hydrogens (tertiary/aromatic N) is 1. The Morgan fingerprint density at radius 2 is 1.96 bits per heavy atom. The number of aryl methyl sites for hydroxylation is 2. The van der Waals surface area contributed by atoms with Gasteiger partial charge in [-0.25, -0.2) is 13.4 Å². The van der Waals surface area contributed by atoms with Gasteiger partial charge in [0.05, 0.1) is 17.5 Å². The van der Waals surface area contributed by atoms with Crippen molar-refractivity contribution in [2.75, 3.05) is 5.75 Å². The van der Waals surface area contributed by atoms with Gasteiger partial charge in [0.25, 0.3) is 5.91 Å². The summed E-state index contributed by atoms with van der Waals surface area (Å²) >= 11 is 1.31. The van der Waals surface area contributed by atoms with E-state index in [2.05, 4.69) is 10.3 Å². The molecule has 1 aliphatic rings. The maximum absolute atomic E-state index is 12.4. The molecule has 0 saturated carbocycles. The average Bonchev–Trinajstić information content (AvgIpc) is 3.02. The second kappa shape index (κ2) is 5.90. The lowest BCUT2D eigenvalue weighted by Gasteiger charge is -2.08. The fourth-order valence-electron chi connectivity index (χ4n) is 2.33. The van der Waals surface area contributed by atoms with Gasteiger partial charge in [0.2, 0.25) is 0 Å². The molecule has 5 nitrogen and oxygen atoms in total. The Morgan fingerprint density at radius 1 is 1.26 bits per heavy atom. The minimum atomic E-state index is -3.18. The number of carbonyl (C=O) groups excluding carboxylic acids is 1. The molecular weight excluding hydrogens is 332 g/mol. The summed E-state index contributed by atoms with van der Waals surface area (Å²) in [4.78, 5) is 17.3. The highest BCUT2D eigenvalue weighted by Gasteiger charge is 2.25. The molecule has 2 aromatic rings. The first kappa shape index (κ1) is 15.9. The third-order valence-electron chi connectivity index (χ3n) is 3.55. The van der Waals surface area contributed by atoms with Gasteiger partial charge in [-0.05, 0) is 19.9 Å². The third-order valence-corrected chi connectivity index (χ3v) is 6.15. The van der Waals surface area contributed by atoms with E-state index < -0.39 is 15.9 Å². The van der Waals surface area contributed by atoms with E-state index >= 15 is 0 Å². The molecule has 1 aliphatic heterocycles. The first-order valence-electron chi connectivity index (χ1n) is 7.10. The number of thiazole rings is 1. The predicted molar refractivity (Wildman–Crippen MR) is 91.2 cm³/mol. The van der Waals surface area contributed by atoms with E-state index in [-0.39, 0.29) is 11.7 Å². The van der Waals surface area contributed by atoms with Gasteiger partial charge in [0.15, 0.2) is 9.84 Å². The van der Waals surface area contributed by atoms with E-state index in [1.54, 1.807) is 6.92 Å². The van der Waals surface area contributed by atoms with E-state index in [0.29, 0.717) is 10.6 Å². The summed E-state index contributed by atoms with van der Waals surface area (Å²) in [6.45, 7) is 3.79. The molecule has 0 radical (unpaired) electrons. The van der Waals surface area contributed by atoms with Gasteiger partial charge in [0, 0.05) is 11.0 Å². The molecule has 1 atom stereocenters. The van der Waals surface area contributed by atoms with Crippen LogP contribution in [0.25, 0.3) is 10.6 Å². The van der Waals surface area contributed by atoms with Crippen molar-refractivity contribution < 1.29 is 13.2 Å². The second-order valence-electron chi connectivity index (χ2n) is 5.54. The fraction of sp³-hybridized carbons (Fsp3) is 0.250. The normalized spacial score (nSPS) is 19.0. The molecular formula is C16H16N2O3S2. The molecule has 1 amide bonds. The van der Waals surface area contributed by atoms with E-state index in [1.807, 2.05) is 31.2 Å². The Labute approximate surface area is 139 Å². The van der Waals surface area contributed by atoms with Crippen molar-refractivity contribution in [1.82, 2.24) is 10.3 Å². The number of sulfone groups is 1. The number of nitrogens with one attached hydrogen (secondary N) is 1. The molecule has 1 N–H and O–H groups in total. The van der Waals surface area contributed by atoms with Gasteiger partial charge in [0.1, 0.15) is 9.88 Å². The van der Waals surface area contributed by atoms with Crippen molar-refractivity contribution in [1.29, 1.82) is 0 Å². The maximum atomic E-state index is 12.4. The largest absolute Gasteiger partial charge is 0.344 e. The quantitative estimate of drug-likeness (QED) is 0.924. The van der Waals surface area contributed by atoms with Crippen LogP contribution < -0.4 is 5.32 Å². The lowest BCUT2D eigenvalue weighted by atomic mass is 10.2. The van der Waals surface area contributed by atoms with Crippen LogP contribution >= 0.6 is 11.3 Å². The molecule has 0 spiro atoms. The van der Waals surface area contributed by atoms with E-state index in [4.69, 9.17) is 0 Å². The van der Waals surface area contributed by atoms with Crippen LogP contribution in [-0.4, -0.2) is 31.1 Å². The van der Waals surface area contributed by atoms with Crippen molar-refractivity contribution in [2.24, 2.45) is 0 Å². The smallest absolute Gasteiger partial charge is 0.263 e. The first-order valence-corrected chi connectivity index (χ1v) is 9.63. The molecule has 3 rings (SSSR count). The minimum absolute atomic E-state index is 0.0819. The average molecular weight is 348 g/mol. The van der Waals surface area contributed by atoms with E-state index in [0.717, 1.165) is 21.5 Å². The summed E-state index contributed by atoms with van der Waals surface area (Å²) in [5.41, 5.74) is 2.77. The van der Waals surface area contributed by atoms with Crippen LogP contribution in [0.1, 0.15) is 20.9 Å². The van der Waals surface area contributed by atoms with Gasteiger partial charge in [-0.1, -0.05) is 29.8 Å². The Kier molecular flexibility index (Phi) is 4.08. The van der Waals surface area contributed by atoms with Gasteiger partial charge >= 0.3 is 0 Å².